The summed E-state index contributed by atoms with van der Waals surface area (Å²) in [7, 11) is 1.56. The summed E-state index contributed by atoms with van der Waals surface area (Å²) in [5, 5.41) is 5.04. The quantitative estimate of drug-likeness (QED) is 0.490. The number of amides is 1. The summed E-state index contributed by atoms with van der Waals surface area (Å²) < 4.78 is 37.2. The predicted octanol–water partition coefficient (Wildman–Crippen LogP) is 1.29. The Bertz CT molecular complexity index is 540. The van der Waals surface area contributed by atoms with Crippen LogP contribution < -0.4 is 21.5 Å². The molecule has 1 rings (SSSR count). The number of anilines is 1. The molecule has 0 aliphatic heterocycles. The molecule has 4 N–H and O–H groups in total. The standard InChI is InChI=1S/C10H11ClF3N5OS/c1-15-9(21)19-18-7(20)4-17-8-6(11)2-5(3-16-8)10(12,13)14/h2-3H,4H2,1H3,(H,16,17)(H,18,20)(H2,15,19,21). The van der Waals surface area contributed by atoms with E-state index >= 15 is 0 Å². The van der Waals surface area contributed by atoms with E-state index in [2.05, 4.69) is 26.5 Å². The number of hydrogen-bond acceptors (Lipinski definition) is 4. The third-order valence-corrected chi connectivity index (χ3v) is 2.72. The molecule has 1 aromatic heterocycles. The lowest BCUT2D eigenvalue weighted by Gasteiger charge is -2.12. The highest BCUT2D eigenvalue weighted by Gasteiger charge is 2.31. The molecule has 1 amide bonds. The topological polar surface area (TPSA) is 78.1 Å². The summed E-state index contributed by atoms with van der Waals surface area (Å²) in [4.78, 5) is 14.9. The summed E-state index contributed by atoms with van der Waals surface area (Å²) in [5.74, 6) is -0.540. The van der Waals surface area contributed by atoms with Gasteiger partial charge in [0.05, 0.1) is 17.1 Å². The zero-order valence-corrected chi connectivity index (χ0v) is 12.2. The second-order valence-electron chi connectivity index (χ2n) is 3.66. The fourth-order valence-electron chi connectivity index (χ4n) is 1.12. The molecule has 0 atom stereocenters. The van der Waals surface area contributed by atoms with E-state index in [1.54, 1.807) is 7.05 Å². The second-order valence-corrected chi connectivity index (χ2v) is 4.47. The normalized spacial score (nSPS) is 10.7. The van der Waals surface area contributed by atoms with E-state index in [-0.39, 0.29) is 22.5 Å². The van der Waals surface area contributed by atoms with Gasteiger partial charge in [0.15, 0.2) is 5.11 Å². The average Bonchev–Trinajstić information content (AvgIpc) is 2.42. The highest BCUT2D eigenvalue weighted by Crippen LogP contribution is 2.32. The molecule has 0 radical (unpaired) electrons. The van der Waals surface area contributed by atoms with Gasteiger partial charge < -0.3 is 10.6 Å². The molecule has 0 aliphatic rings. The summed E-state index contributed by atoms with van der Waals surface area (Å²) in [6.07, 6.45) is -3.90. The first-order valence-electron chi connectivity index (χ1n) is 5.47. The van der Waals surface area contributed by atoms with E-state index in [4.69, 9.17) is 23.8 Å². The maximum Gasteiger partial charge on any atom is 0.417 e. The number of pyridine rings is 1. The number of nitrogens with one attached hydrogen (secondary N) is 4. The highest BCUT2D eigenvalue weighted by molar-refractivity contribution is 7.80. The smallest absolute Gasteiger partial charge is 0.364 e. The van der Waals surface area contributed by atoms with Crippen LogP contribution in [0, 0.1) is 0 Å². The number of nitrogens with zero attached hydrogens (tertiary/aromatic N) is 1. The van der Waals surface area contributed by atoms with Gasteiger partial charge in [0.25, 0.3) is 5.91 Å². The summed E-state index contributed by atoms with van der Waals surface area (Å²) in [6.45, 7) is -0.253. The fraction of sp³-hybridized carbons (Fsp3) is 0.300. The van der Waals surface area contributed by atoms with Crippen LogP contribution in [0.1, 0.15) is 5.56 Å². The number of carbonyl (C=O) groups is 1. The summed E-state index contributed by atoms with van der Waals surface area (Å²) in [5.41, 5.74) is 3.67. The largest absolute Gasteiger partial charge is 0.417 e. The summed E-state index contributed by atoms with van der Waals surface area (Å²) in [6, 6.07) is 0.725. The Morgan fingerprint density at radius 2 is 2.10 bits per heavy atom. The lowest BCUT2D eigenvalue weighted by Crippen LogP contribution is -2.47. The maximum atomic E-state index is 12.4. The van der Waals surface area contributed by atoms with E-state index in [1.165, 1.54) is 0 Å². The fourth-order valence-corrected chi connectivity index (χ4v) is 1.40. The van der Waals surface area contributed by atoms with Gasteiger partial charge in [-0.2, -0.15) is 13.2 Å². The Hall–Kier alpha value is -1.81. The molecule has 0 aromatic carbocycles. The Balaban J connectivity index is 2.56. The Kier molecular flexibility index (Phi) is 5.97. The van der Waals surface area contributed by atoms with Gasteiger partial charge in [-0.25, -0.2) is 4.98 Å². The van der Waals surface area contributed by atoms with Crippen molar-refractivity contribution in [1.82, 2.24) is 21.2 Å². The van der Waals surface area contributed by atoms with Crippen molar-refractivity contribution in [1.29, 1.82) is 0 Å². The molecule has 0 aliphatic carbocycles. The Morgan fingerprint density at radius 3 is 2.62 bits per heavy atom. The third kappa shape index (κ3) is 5.60. The van der Waals surface area contributed by atoms with Gasteiger partial charge in [0.1, 0.15) is 5.82 Å². The minimum Gasteiger partial charge on any atom is -0.364 e. The van der Waals surface area contributed by atoms with Gasteiger partial charge in [-0.05, 0) is 18.3 Å². The van der Waals surface area contributed by atoms with Crippen molar-refractivity contribution in [3.05, 3.63) is 22.8 Å². The number of thiocarbonyl (C=S) groups is 1. The minimum atomic E-state index is -4.53. The highest BCUT2D eigenvalue weighted by atomic mass is 35.5. The van der Waals surface area contributed by atoms with Crippen molar-refractivity contribution in [3.63, 3.8) is 0 Å². The van der Waals surface area contributed by atoms with Crippen LogP contribution >= 0.6 is 23.8 Å². The lowest BCUT2D eigenvalue weighted by molar-refractivity contribution is -0.137. The number of hydrazine groups is 1. The van der Waals surface area contributed by atoms with Crippen molar-refractivity contribution in [2.24, 2.45) is 0 Å². The number of hydrogen-bond donors (Lipinski definition) is 4. The third-order valence-electron chi connectivity index (χ3n) is 2.13. The summed E-state index contributed by atoms with van der Waals surface area (Å²) >= 11 is 10.4. The molecular weight excluding hydrogens is 331 g/mol. The first kappa shape index (κ1) is 17.2. The van der Waals surface area contributed by atoms with Crippen molar-refractivity contribution >= 4 is 40.7 Å². The van der Waals surface area contributed by atoms with Crippen LogP contribution in [0.2, 0.25) is 5.02 Å². The van der Waals surface area contributed by atoms with Crippen molar-refractivity contribution < 1.29 is 18.0 Å². The van der Waals surface area contributed by atoms with Crippen molar-refractivity contribution in [3.8, 4) is 0 Å². The van der Waals surface area contributed by atoms with Gasteiger partial charge >= 0.3 is 6.18 Å². The molecule has 1 aromatic rings. The van der Waals surface area contributed by atoms with Crippen LogP contribution in [0.15, 0.2) is 12.3 Å². The van der Waals surface area contributed by atoms with Crippen LogP contribution in [0.5, 0.6) is 0 Å². The number of carbonyl (C=O) groups excluding carboxylic acids is 1. The van der Waals surface area contributed by atoms with Gasteiger partial charge in [-0.3, -0.25) is 15.6 Å². The minimum absolute atomic E-state index is 0.0315. The molecule has 6 nitrogen and oxygen atoms in total. The molecule has 116 valence electrons. The maximum absolute atomic E-state index is 12.4. The van der Waals surface area contributed by atoms with Crippen LogP contribution in [-0.2, 0) is 11.0 Å². The number of rotatable bonds is 3. The van der Waals surface area contributed by atoms with Crippen LogP contribution in [0.4, 0.5) is 19.0 Å². The van der Waals surface area contributed by atoms with Gasteiger partial charge in [-0.1, -0.05) is 11.6 Å². The molecule has 0 spiro atoms. The Morgan fingerprint density at radius 1 is 1.43 bits per heavy atom. The number of halogens is 4. The Labute approximate surface area is 128 Å². The molecule has 11 heteroatoms. The SMILES string of the molecule is CNC(=S)NNC(=O)CNc1ncc(C(F)(F)F)cc1Cl. The zero-order chi connectivity index (χ0) is 16.0. The first-order chi connectivity index (χ1) is 9.74. The van der Waals surface area contributed by atoms with E-state index in [1.807, 2.05) is 0 Å². The average molecular weight is 342 g/mol. The number of alkyl halides is 3. The van der Waals surface area contributed by atoms with Gasteiger partial charge in [0, 0.05) is 13.2 Å². The molecule has 0 fully saturated rings. The van der Waals surface area contributed by atoms with E-state index < -0.39 is 17.6 Å². The zero-order valence-electron chi connectivity index (χ0n) is 10.6. The van der Waals surface area contributed by atoms with Gasteiger partial charge in [0.2, 0.25) is 0 Å². The van der Waals surface area contributed by atoms with Crippen molar-refractivity contribution in [2.75, 3.05) is 18.9 Å². The molecule has 0 saturated carbocycles. The molecule has 21 heavy (non-hydrogen) atoms. The van der Waals surface area contributed by atoms with Crippen LogP contribution in [0.25, 0.3) is 0 Å². The molecular formula is C10H11ClF3N5OS. The van der Waals surface area contributed by atoms with E-state index in [9.17, 15) is 18.0 Å². The van der Waals surface area contributed by atoms with Gasteiger partial charge in [-0.15, -0.1) is 0 Å². The molecule has 0 bridgehead atoms. The first-order valence-corrected chi connectivity index (χ1v) is 6.26. The van der Waals surface area contributed by atoms with E-state index in [0.29, 0.717) is 6.20 Å². The predicted molar refractivity (Wildman–Crippen MR) is 75.7 cm³/mol. The van der Waals surface area contributed by atoms with Crippen LogP contribution in [-0.4, -0.2) is 29.6 Å². The number of aromatic nitrogens is 1. The monoisotopic (exact) mass is 341 g/mol. The molecule has 0 saturated heterocycles. The van der Waals surface area contributed by atoms with E-state index in [0.717, 1.165) is 6.07 Å². The lowest BCUT2D eigenvalue weighted by atomic mass is 10.3. The molecule has 1 heterocycles. The van der Waals surface area contributed by atoms with Crippen LogP contribution in [0.3, 0.4) is 0 Å². The second kappa shape index (κ2) is 7.27. The molecule has 0 unspecified atom stereocenters. The van der Waals surface area contributed by atoms with Crippen molar-refractivity contribution in [2.45, 2.75) is 6.18 Å².